The minimum absolute atomic E-state index is 0.0675. The Kier molecular flexibility index (Phi) is 3.84. The second-order valence-corrected chi connectivity index (χ2v) is 4.49. The van der Waals surface area contributed by atoms with Crippen LogP contribution in [0, 0.1) is 13.8 Å². The van der Waals surface area contributed by atoms with Crippen molar-refractivity contribution in [3.63, 3.8) is 0 Å². The zero-order valence-electron chi connectivity index (χ0n) is 11.1. The first-order chi connectivity index (χ1) is 9.45. The fourth-order valence-electron chi connectivity index (χ4n) is 1.83. The second-order valence-electron chi connectivity index (χ2n) is 4.49. The first-order valence-electron chi connectivity index (χ1n) is 5.98. The predicted octanol–water partition coefficient (Wildman–Crippen LogP) is 1.66. The van der Waals surface area contributed by atoms with Crippen molar-refractivity contribution in [2.45, 2.75) is 20.5 Å². The largest absolute Gasteiger partial charge is 0.486 e. The molecule has 0 fully saturated rings. The summed E-state index contributed by atoms with van der Waals surface area (Å²) < 4.78 is 5.53. The second kappa shape index (κ2) is 5.56. The fourth-order valence-corrected chi connectivity index (χ4v) is 1.83. The highest BCUT2D eigenvalue weighted by Crippen LogP contribution is 2.16. The molecule has 0 unspecified atom stereocenters. The highest BCUT2D eigenvalue weighted by Gasteiger charge is 2.10. The van der Waals surface area contributed by atoms with E-state index in [0.717, 1.165) is 17.3 Å². The number of benzene rings is 1. The number of nitrogens with zero attached hydrogens (tertiary/aromatic N) is 1. The standard InChI is InChI=1S/C14H14N2O4/c1-8-3-9(2)5-10(4-8)20-7-12-15-6-11(14(18)19)13(17)16-12/h3-6H,7H2,1-2H3,(H,18,19)(H,15,16,17). The molecule has 1 aromatic heterocycles. The van der Waals surface area contributed by atoms with E-state index in [1.165, 1.54) is 0 Å². The SMILES string of the molecule is Cc1cc(C)cc(OCc2ncc(C(=O)O)c(=O)[nH]2)c1. The summed E-state index contributed by atoms with van der Waals surface area (Å²) in [4.78, 5) is 28.4. The van der Waals surface area contributed by atoms with Crippen LogP contribution in [0.4, 0.5) is 0 Å². The third-order valence-electron chi connectivity index (χ3n) is 2.65. The summed E-state index contributed by atoms with van der Waals surface area (Å²) in [6.07, 6.45) is 1.03. The molecule has 0 saturated heterocycles. The van der Waals surface area contributed by atoms with Crippen LogP contribution in [0.5, 0.6) is 5.75 Å². The number of aromatic carboxylic acids is 1. The van der Waals surface area contributed by atoms with Crippen molar-refractivity contribution in [2.75, 3.05) is 0 Å². The molecule has 1 heterocycles. The molecule has 0 spiro atoms. The van der Waals surface area contributed by atoms with E-state index >= 15 is 0 Å². The minimum atomic E-state index is -1.31. The lowest BCUT2D eigenvalue weighted by molar-refractivity contribution is 0.0694. The molecule has 20 heavy (non-hydrogen) atoms. The van der Waals surface area contributed by atoms with Gasteiger partial charge in [0.2, 0.25) is 0 Å². The molecule has 1 aromatic carbocycles. The highest BCUT2D eigenvalue weighted by molar-refractivity contribution is 5.86. The Morgan fingerprint density at radius 2 is 1.95 bits per heavy atom. The van der Waals surface area contributed by atoms with E-state index in [1.54, 1.807) is 0 Å². The van der Waals surface area contributed by atoms with E-state index in [4.69, 9.17) is 9.84 Å². The number of carboxylic acids is 1. The van der Waals surface area contributed by atoms with Crippen LogP contribution in [0.15, 0.2) is 29.2 Å². The number of nitrogens with one attached hydrogen (secondary N) is 1. The Labute approximate surface area is 115 Å². The molecular formula is C14H14N2O4. The van der Waals surface area contributed by atoms with E-state index in [2.05, 4.69) is 9.97 Å². The number of carboxylic acid groups (broad SMARTS) is 1. The van der Waals surface area contributed by atoms with Gasteiger partial charge in [-0.25, -0.2) is 9.78 Å². The Balaban J connectivity index is 2.13. The van der Waals surface area contributed by atoms with Crippen LogP contribution in [0.1, 0.15) is 27.3 Å². The zero-order valence-corrected chi connectivity index (χ0v) is 11.1. The summed E-state index contributed by atoms with van der Waals surface area (Å²) in [6.45, 7) is 3.99. The molecule has 0 saturated carbocycles. The van der Waals surface area contributed by atoms with Crippen molar-refractivity contribution in [1.82, 2.24) is 9.97 Å². The number of ether oxygens (including phenoxy) is 1. The van der Waals surface area contributed by atoms with Gasteiger partial charge in [0, 0.05) is 6.20 Å². The number of aromatic nitrogens is 2. The molecule has 0 aliphatic heterocycles. The van der Waals surface area contributed by atoms with Crippen LogP contribution in [0.3, 0.4) is 0 Å². The Morgan fingerprint density at radius 1 is 1.30 bits per heavy atom. The third-order valence-corrected chi connectivity index (χ3v) is 2.65. The maximum atomic E-state index is 11.5. The van der Waals surface area contributed by atoms with Crippen LogP contribution in [0.25, 0.3) is 0 Å². The van der Waals surface area contributed by atoms with Gasteiger partial charge in [-0.3, -0.25) is 4.79 Å². The van der Waals surface area contributed by atoms with Gasteiger partial charge in [0.05, 0.1) is 0 Å². The summed E-state index contributed by atoms with van der Waals surface area (Å²) >= 11 is 0. The van der Waals surface area contributed by atoms with Crippen molar-refractivity contribution in [3.8, 4) is 5.75 Å². The molecule has 0 bridgehead atoms. The van der Waals surface area contributed by atoms with Gasteiger partial charge in [-0.05, 0) is 37.1 Å². The van der Waals surface area contributed by atoms with Gasteiger partial charge in [0.15, 0.2) is 0 Å². The lowest BCUT2D eigenvalue weighted by Crippen LogP contribution is -2.20. The Morgan fingerprint density at radius 3 is 2.50 bits per heavy atom. The molecule has 0 aliphatic carbocycles. The van der Waals surface area contributed by atoms with Gasteiger partial charge in [-0.15, -0.1) is 0 Å². The summed E-state index contributed by atoms with van der Waals surface area (Å²) in [6, 6.07) is 5.77. The van der Waals surface area contributed by atoms with Gasteiger partial charge in [0.1, 0.15) is 23.7 Å². The molecule has 0 amide bonds. The number of aromatic amines is 1. The number of carbonyl (C=O) groups is 1. The van der Waals surface area contributed by atoms with E-state index in [0.29, 0.717) is 5.75 Å². The smallest absolute Gasteiger partial charge is 0.342 e. The highest BCUT2D eigenvalue weighted by atomic mass is 16.5. The van der Waals surface area contributed by atoms with Gasteiger partial charge in [-0.1, -0.05) is 6.07 Å². The van der Waals surface area contributed by atoms with Crippen LogP contribution < -0.4 is 10.3 Å². The maximum Gasteiger partial charge on any atom is 0.342 e. The molecule has 2 rings (SSSR count). The average molecular weight is 274 g/mol. The molecule has 6 nitrogen and oxygen atoms in total. The number of aryl methyl sites for hydroxylation is 2. The van der Waals surface area contributed by atoms with Crippen molar-refractivity contribution >= 4 is 5.97 Å². The van der Waals surface area contributed by atoms with Crippen molar-refractivity contribution in [1.29, 1.82) is 0 Å². The van der Waals surface area contributed by atoms with E-state index in [9.17, 15) is 9.59 Å². The molecule has 2 N–H and O–H groups in total. The molecule has 0 aliphatic rings. The van der Waals surface area contributed by atoms with Gasteiger partial charge in [0.25, 0.3) is 5.56 Å². The summed E-state index contributed by atoms with van der Waals surface area (Å²) in [5.41, 5.74) is 1.07. The quantitative estimate of drug-likeness (QED) is 0.884. The Bertz CT molecular complexity index is 686. The molecule has 0 atom stereocenters. The zero-order chi connectivity index (χ0) is 14.7. The molecule has 2 aromatic rings. The summed E-state index contributed by atoms with van der Waals surface area (Å²) in [5.74, 6) is -0.354. The van der Waals surface area contributed by atoms with Gasteiger partial charge >= 0.3 is 5.97 Å². The van der Waals surface area contributed by atoms with Crippen molar-refractivity contribution < 1.29 is 14.6 Å². The van der Waals surface area contributed by atoms with Gasteiger partial charge in [-0.2, -0.15) is 0 Å². The van der Waals surface area contributed by atoms with Crippen LogP contribution in [0.2, 0.25) is 0 Å². The first-order valence-corrected chi connectivity index (χ1v) is 5.98. The third kappa shape index (κ3) is 3.23. The lowest BCUT2D eigenvalue weighted by atomic mass is 10.1. The average Bonchev–Trinajstić information content (AvgIpc) is 2.35. The van der Waals surface area contributed by atoms with E-state index < -0.39 is 11.5 Å². The summed E-state index contributed by atoms with van der Waals surface area (Å²) in [7, 11) is 0. The van der Waals surface area contributed by atoms with Crippen LogP contribution in [-0.2, 0) is 6.61 Å². The number of rotatable bonds is 4. The van der Waals surface area contributed by atoms with Crippen molar-refractivity contribution in [2.24, 2.45) is 0 Å². The van der Waals surface area contributed by atoms with E-state index in [1.807, 2.05) is 32.0 Å². The summed E-state index contributed by atoms with van der Waals surface area (Å²) in [5, 5.41) is 8.73. The molecular weight excluding hydrogens is 260 g/mol. The fraction of sp³-hybridized carbons (Fsp3) is 0.214. The maximum absolute atomic E-state index is 11.5. The van der Waals surface area contributed by atoms with E-state index in [-0.39, 0.29) is 18.0 Å². The Hall–Kier alpha value is -2.63. The first kappa shape index (κ1) is 13.8. The number of hydrogen-bond donors (Lipinski definition) is 2. The van der Waals surface area contributed by atoms with Crippen LogP contribution >= 0.6 is 0 Å². The lowest BCUT2D eigenvalue weighted by Gasteiger charge is -2.07. The van der Waals surface area contributed by atoms with Crippen LogP contribution in [-0.4, -0.2) is 21.0 Å². The molecule has 0 radical (unpaired) electrons. The normalized spacial score (nSPS) is 10.3. The minimum Gasteiger partial charge on any atom is -0.486 e. The van der Waals surface area contributed by atoms with Gasteiger partial charge < -0.3 is 14.8 Å². The molecule has 104 valence electrons. The number of H-pyrrole nitrogens is 1. The number of hydrogen-bond acceptors (Lipinski definition) is 4. The monoisotopic (exact) mass is 274 g/mol. The molecule has 6 heteroatoms. The van der Waals surface area contributed by atoms with Crippen molar-refractivity contribution in [3.05, 3.63) is 57.3 Å². The topological polar surface area (TPSA) is 92.3 Å². The predicted molar refractivity (Wildman–Crippen MR) is 72.1 cm³/mol.